The van der Waals surface area contributed by atoms with Crippen LogP contribution in [0.2, 0.25) is 0 Å². The van der Waals surface area contributed by atoms with Crippen LogP contribution in [0.3, 0.4) is 0 Å². The van der Waals surface area contributed by atoms with Crippen LogP contribution >= 0.6 is 82.8 Å². The van der Waals surface area contributed by atoms with Crippen LogP contribution in [0.5, 0.6) is 23.0 Å². The molecule has 0 unspecified atom stereocenters. The van der Waals surface area contributed by atoms with Crippen LogP contribution in [-0.4, -0.2) is 13.1 Å². The molecular formula is C25H18Cl6N2O10P2. The minimum absolute atomic E-state index is 0.0100. The second-order valence-electron chi connectivity index (χ2n) is 7.78. The summed E-state index contributed by atoms with van der Waals surface area (Å²) in [7, 11) is 0. The summed E-state index contributed by atoms with van der Waals surface area (Å²) in [5.41, 5.74) is -0.337. The van der Waals surface area contributed by atoms with Crippen molar-refractivity contribution in [2.45, 2.75) is 3.25 Å². The van der Waals surface area contributed by atoms with Crippen molar-refractivity contribution in [3.63, 3.8) is 0 Å². The summed E-state index contributed by atoms with van der Waals surface area (Å²) in [6.07, 6.45) is 0. The molecule has 0 saturated heterocycles. The molecule has 0 spiro atoms. The van der Waals surface area contributed by atoms with Gasteiger partial charge in [0.2, 0.25) is 0 Å². The summed E-state index contributed by atoms with van der Waals surface area (Å²) in [5.74, 6) is 0.829. The highest BCUT2D eigenvalue weighted by Gasteiger charge is 2.26. The molecule has 0 aliphatic carbocycles. The van der Waals surface area contributed by atoms with Gasteiger partial charge in [-0.1, -0.05) is 82.8 Å². The molecule has 12 nitrogen and oxygen atoms in total. The van der Waals surface area contributed by atoms with E-state index in [9.17, 15) is 29.4 Å². The number of halogens is 6. The van der Waals surface area contributed by atoms with Gasteiger partial charge in [0.1, 0.15) is 23.0 Å². The van der Waals surface area contributed by atoms with Gasteiger partial charge in [0.15, 0.2) is 0 Å². The molecule has 0 amide bonds. The Morgan fingerprint density at radius 2 is 0.711 bits per heavy atom. The van der Waals surface area contributed by atoms with Crippen LogP contribution in [0.15, 0.2) is 109 Å². The normalized spacial score (nSPS) is 11.0. The fourth-order valence-corrected chi connectivity index (χ4v) is 5.29. The van der Waals surface area contributed by atoms with Gasteiger partial charge in [0.25, 0.3) is 14.6 Å². The summed E-state index contributed by atoms with van der Waals surface area (Å²) < 4.78 is 42.4. The smallest absolute Gasteiger partial charge is 0.405 e. The van der Waals surface area contributed by atoms with Gasteiger partial charge in [0, 0.05) is 46.7 Å². The Balaban J connectivity index is 0.000000281. The van der Waals surface area contributed by atoms with Gasteiger partial charge >= 0.3 is 13.9 Å². The average Bonchev–Trinajstić information content (AvgIpc) is 2.93. The molecule has 4 aromatic rings. The average molecular weight is 781 g/mol. The number of nitrogens with zero attached hydrogens (tertiary/aromatic N) is 2. The van der Waals surface area contributed by atoms with Gasteiger partial charge in [-0.05, 0) is 48.5 Å². The molecule has 4 aromatic carbocycles. The zero-order valence-corrected chi connectivity index (χ0v) is 28.4. The molecule has 0 bridgehead atoms. The van der Waals surface area contributed by atoms with Crippen molar-refractivity contribution in [1.82, 2.24) is 0 Å². The molecular weight excluding hydrogens is 763 g/mol. The van der Waals surface area contributed by atoms with Crippen molar-refractivity contribution in [1.29, 1.82) is 0 Å². The fourth-order valence-electron chi connectivity index (χ4n) is 2.76. The largest absolute Gasteiger partial charge is 0.530 e. The molecule has 0 aliphatic rings. The topological polar surface area (TPSA) is 157 Å². The lowest BCUT2D eigenvalue weighted by atomic mass is 10.3. The Hall–Kier alpha value is -2.92. The van der Waals surface area contributed by atoms with Crippen LogP contribution in [0.4, 0.5) is 11.4 Å². The van der Waals surface area contributed by atoms with Crippen LogP contribution in [0, 0.1) is 20.2 Å². The number of hydrogen-bond donors (Lipinski definition) is 0. The summed E-state index contributed by atoms with van der Waals surface area (Å²) in [5, 5.41) is 21.1. The monoisotopic (exact) mass is 778 g/mol. The third-order valence-corrected chi connectivity index (χ3v) is 6.98. The number of benzene rings is 4. The van der Waals surface area contributed by atoms with Gasteiger partial charge < -0.3 is 18.1 Å². The number of alkyl halides is 4. The van der Waals surface area contributed by atoms with E-state index in [4.69, 9.17) is 87.0 Å². The fraction of sp³-hybridized carbons (Fsp3) is 0.0400. The third-order valence-electron chi connectivity index (χ3n) is 4.44. The second kappa shape index (κ2) is 17.7. The summed E-state index contributed by atoms with van der Waals surface area (Å²) in [4.78, 5) is 19.9. The second-order valence-corrected chi connectivity index (χ2v) is 16.1. The predicted octanol–water partition coefficient (Wildman–Crippen LogP) is 11.4. The van der Waals surface area contributed by atoms with Crippen molar-refractivity contribution in [2.24, 2.45) is 0 Å². The molecule has 0 saturated carbocycles. The van der Waals surface area contributed by atoms with E-state index < -0.39 is 27.0 Å². The van der Waals surface area contributed by atoms with Gasteiger partial charge in [0.05, 0.1) is 9.85 Å². The van der Waals surface area contributed by atoms with Crippen molar-refractivity contribution in [2.75, 3.05) is 0 Å². The van der Waals surface area contributed by atoms with Gasteiger partial charge in [-0.15, -0.1) is 0 Å². The van der Waals surface area contributed by atoms with Gasteiger partial charge in [-0.3, -0.25) is 20.2 Å². The standard InChI is InChI=1S/C12H8ClN2O7P.C12H10ClO3P.CCl4/c13-23(20,21-11-5-1-9(2-6-11)14(16)17)22-12-7-3-10(4-8-12)15(18)19;13-17(14,15-11-7-3-1-4-8-11)16-12-9-5-2-6-10-12;2-1(3,4)5/h1-8H;1-10H;. The lowest BCUT2D eigenvalue weighted by Gasteiger charge is -2.13. The first-order valence-corrected chi connectivity index (χ1v) is 18.1. The first-order valence-electron chi connectivity index (χ1n) is 11.6. The highest BCUT2D eigenvalue weighted by Crippen LogP contribution is 2.54. The number of hydrogen-bond acceptors (Lipinski definition) is 10. The first kappa shape index (κ1) is 38.3. The SMILES string of the molecule is ClC(Cl)(Cl)Cl.O=P(Cl)(Oc1ccccc1)Oc1ccccc1.O=[N+]([O-])c1ccc(OP(=O)(Cl)Oc2ccc([N+](=O)[O-])cc2)cc1. The first-order chi connectivity index (χ1) is 20.9. The number of nitro groups is 2. The molecule has 0 N–H and O–H groups in total. The molecule has 0 fully saturated rings. The van der Waals surface area contributed by atoms with Crippen molar-refractivity contribution < 1.29 is 37.1 Å². The van der Waals surface area contributed by atoms with Crippen LogP contribution in [0.1, 0.15) is 0 Å². The van der Waals surface area contributed by atoms with Crippen LogP contribution < -0.4 is 18.1 Å². The lowest BCUT2D eigenvalue weighted by molar-refractivity contribution is -0.385. The molecule has 0 aliphatic heterocycles. The van der Waals surface area contributed by atoms with Crippen LogP contribution in [-0.2, 0) is 9.13 Å². The number of para-hydroxylation sites is 2. The zero-order chi connectivity index (χ0) is 33.7. The lowest BCUT2D eigenvalue weighted by Crippen LogP contribution is -1.96. The minimum atomic E-state index is -4.08. The Labute approximate surface area is 285 Å². The molecule has 4 rings (SSSR count). The summed E-state index contributed by atoms with van der Waals surface area (Å²) >= 11 is 30.7. The van der Waals surface area contributed by atoms with Crippen LogP contribution in [0.25, 0.3) is 0 Å². The Bertz CT molecular complexity index is 1520. The van der Waals surface area contributed by atoms with Crippen molar-refractivity contribution in [3.8, 4) is 23.0 Å². The number of nitro benzene ring substituents is 2. The molecule has 240 valence electrons. The number of non-ortho nitro benzene ring substituents is 2. The maximum Gasteiger partial charge on any atom is 0.530 e. The van der Waals surface area contributed by atoms with Gasteiger partial charge in [-0.25, -0.2) is 9.13 Å². The third kappa shape index (κ3) is 16.8. The van der Waals surface area contributed by atoms with E-state index in [1.807, 2.05) is 12.1 Å². The van der Waals surface area contributed by atoms with E-state index in [-0.39, 0.29) is 22.9 Å². The van der Waals surface area contributed by atoms with E-state index in [0.29, 0.717) is 11.5 Å². The van der Waals surface area contributed by atoms with E-state index in [2.05, 4.69) is 0 Å². The maximum absolute atomic E-state index is 12.0. The van der Waals surface area contributed by atoms with E-state index in [1.165, 1.54) is 24.3 Å². The van der Waals surface area contributed by atoms with E-state index >= 15 is 0 Å². The molecule has 0 aromatic heterocycles. The highest BCUT2D eigenvalue weighted by molar-refractivity contribution is 7.82. The molecule has 0 radical (unpaired) electrons. The summed E-state index contributed by atoms with van der Waals surface area (Å²) in [6, 6.07) is 26.8. The quantitative estimate of drug-likeness (QED) is 0.0656. The van der Waals surface area contributed by atoms with E-state index in [1.54, 1.807) is 48.5 Å². The summed E-state index contributed by atoms with van der Waals surface area (Å²) in [6.45, 7) is -7.75. The highest BCUT2D eigenvalue weighted by atomic mass is 35.7. The van der Waals surface area contributed by atoms with Crippen molar-refractivity contribution in [3.05, 3.63) is 129 Å². The Morgan fingerprint density at radius 3 is 0.933 bits per heavy atom. The van der Waals surface area contributed by atoms with Crippen molar-refractivity contribution >= 4 is 94.2 Å². The van der Waals surface area contributed by atoms with E-state index in [0.717, 1.165) is 24.3 Å². The maximum atomic E-state index is 12.0. The molecule has 20 heteroatoms. The molecule has 0 atom stereocenters. The number of rotatable bonds is 10. The molecule has 0 heterocycles. The van der Waals surface area contributed by atoms with Gasteiger partial charge in [-0.2, -0.15) is 0 Å². The minimum Gasteiger partial charge on any atom is -0.405 e. The molecule has 45 heavy (non-hydrogen) atoms. The predicted molar refractivity (Wildman–Crippen MR) is 175 cm³/mol. The Kier molecular flexibility index (Phi) is 15.0. The Morgan fingerprint density at radius 1 is 0.489 bits per heavy atom. The zero-order valence-electron chi connectivity index (χ0n) is 22.0.